The minimum Gasteiger partial charge on any atom is -0.406 e. The summed E-state index contributed by atoms with van der Waals surface area (Å²) in [7, 11) is 0. The number of amidine groups is 1. The second-order valence-corrected chi connectivity index (χ2v) is 9.35. The van der Waals surface area contributed by atoms with E-state index in [1.807, 2.05) is 30.3 Å². The summed E-state index contributed by atoms with van der Waals surface area (Å²) >= 11 is 1.69. The lowest BCUT2D eigenvalue weighted by Crippen LogP contribution is -2.24. The first kappa shape index (κ1) is 25.5. The number of anilines is 1. The van der Waals surface area contributed by atoms with Gasteiger partial charge in [-0.05, 0) is 47.9 Å². The van der Waals surface area contributed by atoms with Crippen LogP contribution in [0.4, 0.5) is 18.9 Å². The molecular weight excluding hydrogens is 513 g/mol. The number of ether oxygens (including phenoxy) is 1. The van der Waals surface area contributed by atoms with Crippen molar-refractivity contribution in [2.24, 2.45) is 10.2 Å². The van der Waals surface area contributed by atoms with Crippen molar-refractivity contribution < 1.29 is 17.9 Å². The Bertz CT molecular complexity index is 1450. The quantitative estimate of drug-likeness (QED) is 0.204. The summed E-state index contributed by atoms with van der Waals surface area (Å²) in [4.78, 5) is 6.53. The summed E-state index contributed by atoms with van der Waals surface area (Å²) in [5.41, 5.74) is 4.68. The zero-order valence-electron chi connectivity index (χ0n) is 20.3. The van der Waals surface area contributed by atoms with E-state index in [0.717, 1.165) is 35.0 Å². The van der Waals surface area contributed by atoms with Gasteiger partial charge >= 0.3 is 6.36 Å². The van der Waals surface area contributed by atoms with Gasteiger partial charge in [-0.15, -0.1) is 23.4 Å². The summed E-state index contributed by atoms with van der Waals surface area (Å²) < 4.78 is 42.5. The average Bonchev–Trinajstić information content (AvgIpc) is 3.59. The highest BCUT2D eigenvalue weighted by Gasteiger charge is 2.31. The van der Waals surface area contributed by atoms with E-state index >= 15 is 0 Å². The minimum absolute atomic E-state index is 0.297. The van der Waals surface area contributed by atoms with Crippen molar-refractivity contribution in [3.63, 3.8) is 0 Å². The van der Waals surface area contributed by atoms with Crippen LogP contribution in [-0.2, 0) is 6.42 Å². The molecule has 0 saturated carbocycles. The molecule has 0 amide bonds. The molecule has 1 aliphatic rings. The van der Waals surface area contributed by atoms with Crippen LogP contribution in [0, 0.1) is 0 Å². The van der Waals surface area contributed by atoms with Gasteiger partial charge in [0.05, 0.1) is 11.9 Å². The Morgan fingerprint density at radius 2 is 1.79 bits per heavy atom. The molecule has 1 fully saturated rings. The van der Waals surface area contributed by atoms with Crippen LogP contribution in [0.25, 0.3) is 17.1 Å². The molecule has 4 aromatic rings. The molecule has 2 heterocycles. The van der Waals surface area contributed by atoms with Gasteiger partial charge in [0, 0.05) is 23.5 Å². The highest BCUT2D eigenvalue weighted by atomic mass is 32.2. The van der Waals surface area contributed by atoms with Gasteiger partial charge in [0.25, 0.3) is 0 Å². The van der Waals surface area contributed by atoms with Crippen LogP contribution in [0.3, 0.4) is 0 Å². The van der Waals surface area contributed by atoms with Crippen LogP contribution < -0.4 is 9.64 Å². The summed E-state index contributed by atoms with van der Waals surface area (Å²) in [6, 6.07) is 21.3. The maximum Gasteiger partial charge on any atom is 0.573 e. The maximum atomic E-state index is 12.4. The van der Waals surface area contributed by atoms with Crippen LogP contribution in [0.2, 0.25) is 0 Å². The number of para-hydroxylation sites is 1. The van der Waals surface area contributed by atoms with Gasteiger partial charge in [0.1, 0.15) is 12.1 Å². The number of aromatic nitrogens is 3. The highest BCUT2D eigenvalue weighted by Crippen LogP contribution is 2.29. The molecule has 7 nitrogen and oxygen atoms in total. The van der Waals surface area contributed by atoms with Gasteiger partial charge < -0.3 is 9.64 Å². The maximum absolute atomic E-state index is 12.4. The van der Waals surface area contributed by atoms with Crippen LogP contribution in [0.1, 0.15) is 18.1 Å². The number of nitrogens with zero attached hydrogens (tertiary/aromatic N) is 6. The van der Waals surface area contributed by atoms with Gasteiger partial charge in [-0.3, -0.25) is 0 Å². The molecule has 0 spiro atoms. The van der Waals surface area contributed by atoms with Crippen LogP contribution in [-0.4, -0.2) is 44.8 Å². The Labute approximate surface area is 221 Å². The molecule has 0 aliphatic carbocycles. The molecule has 11 heteroatoms. The van der Waals surface area contributed by atoms with E-state index in [-0.39, 0.29) is 5.75 Å². The van der Waals surface area contributed by atoms with Gasteiger partial charge in [-0.2, -0.15) is 5.10 Å². The summed E-state index contributed by atoms with van der Waals surface area (Å²) in [6.07, 6.45) is -0.572. The molecule has 1 aliphatic heterocycles. The fourth-order valence-corrected chi connectivity index (χ4v) is 4.87. The number of halogens is 3. The third-order valence-corrected chi connectivity index (χ3v) is 6.73. The fraction of sp³-hybridized carbons (Fsp3) is 0.185. The Hall–Kier alpha value is -4.12. The third kappa shape index (κ3) is 6.05. The first-order valence-electron chi connectivity index (χ1n) is 11.9. The summed E-state index contributed by atoms with van der Waals surface area (Å²) in [6.45, 7) is 3.05. The standard InChI is InChI=1S/C27H23F3N6OS/c1-2-20-5-3-4-6-24(20)35-15-16-38-26(35)33-32-17-19-7-9-21(10-8-19)25-31-18-36(34-25)22-11-13-23(14-12-22)37-27(28,29)30/h3-14,17-18H,2,15-16H2,1H3/b32-17+,33-26-. The lowest BCUT2D eigenvalue weighted by atomic mass is 10.1. The second-order valence-electron chi connectivity index (χ2n) is 8.29. The van der Waals surface area contributed by atoms with Crippen molar-refractivity contribution in [2.75, 3.05) is 17.2 Å². The van der Waals surface area contributed by atoms with Crippen molar-refractivity contribution in [3.8, 4) is 22.8 Å². The predicted octanol–water partition coefficient (Wildman–Crippen LogP) is 6.34. The molecule has 0 atom stereocenters. The number of aryl methyl sites for hydroxylation is 1. The lowest BCUT2D eigenvalue weighted by Gasteiger charge is -2.20. The van der Waals surface area contributed by atoms with E-state index < -0.39 is 6.36 Å². The first-order chi connectivity index (χ1) is 18.4. The fourth-order valence-electron chi connectivity index (χ4n) is 3.96. The van der Waals surface area contributed by atoms with Crippen LogP contribution in [0.15, 0.2) is 89.3 Å². The molecular formula is C27H23F3N6OS. The first-order valence-corrected chi connectivity index (χ1v) is 12.9. The normalized spacial score (nSPS) is 15.1. The van der Waals surface area contributed by atoms with Crippen LogP contribution >= 0.6 is 11.8 Å². The summed E-state index contributed by atoms with van der Waals surface area (Å²) in [5, 5.41) is 14.1. The Morgan fingerprint density at radius 3 is 2.53 bits per heavy atom. The van der Waals surface area contributed by atoms with Crippen molar-refractivity contribution in [3.05, 3.63) is 90.3 Å². The van der Waals surface area contributed by atoms with E-state index in [1.165, 1.54) is 46.5 Å². The van der Waals surface area contributed by atoms with Gasteiger partial charge in [0.2, 0.25) is 0 Å². The van der Waals surface area contributed by atoms with Gasteiger partial charge in [-0.1, -0.05) is 61.2 Å². The smallest absolute Gasteiger partial charge is 0.406 e. The molecule has 0 N–H and O–H groups in total. The van der Waals surface area contributed by atoms with E-state index in [9.17, 15) is 13.2 Å². The van der Waals surface area contributed by atoms with Crippen molar-refractivity contribution in [1.29, 1.82) is 0 Å². The molecule has 5 rings (SSSR count). The van der Waals surface area contributed by atoms with E-state index in [4.69, 9.17) is 0 Å². The number of benzene rings is 3. The number of rotatable bonds is 7. The Kier molecular flexibility index (Phi) is 7.45. The number of alkyl halides is 3. The van der Waals surface area contributed by atoms with E-state index in [2.05, 4.69) is 55.0 Å². The molecule has 0 bridgehead atoms. The number of hydrogen-bond acceptors (Lipinski definition) is 6. The monoisotopic (exact) mass is 536 g/mol. The zero-order chi connectivity index (χ0) is 26.5. The van der Waals surface area contributed by atoms with Crippen molar-refractivity contribution in [1.82, 2.24) is 14.8 Å². The lowest BCUT2D eigenvalue weighted by molar-refractivity contribution is -0.274. The predicted molar refractivity (Wildman–Crippen MR) is 144 cm³/mol. The van der Waals surface area contributed by atoms with Crippen molar-refractivity contribution >= 4 is 28.8 Å². The third-order valence-electron chi connectivity index (χ3n) is 5.79. The Morgan fingerprint density at radius 1 is 1.03 bits per heavy atom. The molecule has 194 valence electrons. The molecule has 0 radical (unpaired) electrons. The SMILES string of the molecule is CCc1ccccc1N1CCS/C1=N\N=C\c1ccc(-c2ncn(-c3ccc(OC(F)(F)F)cc3)n2)cc1. The van der Waals surface area contributed by atoms with Gasteiger partial charge in [-0.25, -0.2) is 9.67 Å². The summed E-state index contributed by atoms with van der Waals surface area (Å²) in [5.74, 6) is 1.15. The molecule has 1 saturated heterocycles. The number of hydrogen-bond donors (Lipinski definition) is 0. The second kappa shape index (κ2) is 11.1. The minimum atomic E-state index is -4.73. The van der Waals surface area contributed by atoms with E-state index in [0.29, 0.717) is 11.5 Å². The van der Waals surface area contributed by atoms with Crippen molar-refractivity contribution in [2.45, 2.75) is 19.7 Å². The molecule has 3 aromatic carbocycles. The topological polar surface area (TPSA) is 67.9 Å². The average molecular weight is 537 g/mol. The van der Waals surface area contributed by atoms with Crippen LogP contribution in [0.5, 0.6) is 5.75 Å². The Balaban J connectivity index is 1.25. The zero-order valence-corrected chi connectivity index (χ0v) is 21.2. The largest absolute Gasteiger partial charge is 0.573 e. The molecule has 1 aromatic heterocycles. The van der Waals surface area contributed by atoms with E-state index in [1.54, 1.807) is 18.0 Å². The highest BCUT2D eigenvalue weighted by molar-refractivity contribution is 8.14. The van der Waals surface area contributed by atoms with Gasteiger partial charge in [0.15, 0.2) is 11.0 Å². The number of thioether (sulfide) groups is 1. The molecule has 0 unspecified atom stereocenters. The molecule has 38 heavy (non-hydrogen) atoms.